The highest BCUT2D eigenvalue weighted by Gasteiger charge is 2.15. The van der Waals surface area contributed by atoms with Crippen LogP contribution in [0.4, 0.5) is 0 Å². The van der Waals surface area contributed by atoms with Crippen molar-refractivity contribution in [3.05, 3.63) is 0 Å². The van der Waals surface area contributed by atoms with E-state index in [9.17, 15) is 14.4 Å². The van der Waals surface area contributed by atoms with Gasteiger partial charge < -0.3 is 14.8 Å². The molecule has 0 radical (unpaired) electrons. The minimum atomic E-state index is -0.634. The highest BCUT2D eigenvalue weighted by Crippen LogP contribution is 1.97. The zero-order valence-electron chi connectivity index (χ0n) is 16.0. The van der Waals surface area contributed by atoms with Gasteiger partial charge in [-0.15, -0.1) is 0 Å². The van der Waals surface area contributed by atoms with Gasteiger partial charge in [0.2, 0.25) is 5.91 Å². The lowest BCUT2D eigenvalue weighted by atomic mass is 10.2. The first-order valence-corrected chi connectivity index (χ1v) is 8.42. The summed E-state index contributed by atoms with van der Waals surface area (Å²) >= 11 is 0. The Morgan fingerprint density at radius 2 is 1.41 bits per heavy atom. The highest BCUT2D eigenvalue weighted by molar-refractivity contribution is 5.84. The molecule has 134 valence electrons. The molecule has 0 spiro atoms. The third-order valence-electron chi connectivity index (χ3n) is 1.95. The van der Waals surface area contributed by atoms with E-state index in [2.05, 4.69) is 5.32 Å². The van der Waals surface area contributed by atoms with Gasteiger partial charge in [-0.3, -0.25) is 4.79 Å². The average molecular weight is 319 g/mol. The largest absolute Gasteiger partial charge is 0.464 e. The van der Waals surface area contributed by atoms with Gasteiger partial charge in [0.05, 0.1) is 6.61 Å². The molecule has 0 bridgehead atoms. The van der Waals surface area contributed by atoms with E-state index in [-0.39, 0.29) is 18.1 Å². The molecule has 0 fully saturated rings. The van der Waals surface area contributed by atoms with Crippen LogP contribution < -0.4 is 5.32 Å². The molecule has 0 saturated carbocycles. The second-order valence-corrected chi connectivity index (χ2v) is 3.60. The first-order chi connectivity index (χ1) is 10.5. The standard InChI is InChI=1S/C11H19NO4.3C2H6/c1-4-16-11(15)9(3)12-10(14)7-5-6-8(2)13;3*1-2/h9H,4-7H2,1-3H3,(H,12,14);3*1-2H3. The van der Waals surface area contributed by atoms with E-state index in [0.29, 0.717) is 19.4 Å². The fourth-order valence-electron chi connectivity index (χ4n) is 1.14. The molecule has 1 amide bonds. The fourth-order valence-corrected chi connectivity index (χ4v) is 1.14. The lowest BCUT2D eigenvalue weighted by molar-refractivity contribution is -0.146. The van der Waals surface area contributed by atoms with E-state index in [1.807, 2.05) is 41.5 Å². The van der Waals surface area contributed by atoms with Crippen molar-refractivity contribution in [2.75, 3.05) is 6.61 Å². The number of hydrogen-bond acceptors (Lipinski definition) is 4. The zero-order valence-corrected chi connectivity index (χ0v) is 16.0. The van der Waals surface area contributed by atoms with E-state index < -0.39 is 12.0 Å². The lowest BCUT2D eigenvalue weighted by Crippen LogP contribution is -2.39. The number of ketones is 1. The molecule has 5 nitrogen and oxygen atoms in total. The fraction of sp³-hybridized carbons (Fsp3) is 0.824. The lowest BCUT2D eigenvalue weighted by Gasteiger charge is -2.12. The van der Waals surface area contributed by atoms with Crippen LogP contribution in [-0.4, -0.2) is 30.3 Å². The van der Waals surface area contributed by atoms with E-state index in [1.54, 1.807) is 13.8 Å². The minimum Gasteiger partial charge on any atom is -0.464 e. The summed E-state index contributed by atoms with van der Waals surface area (Å²) in [5.41, 5.74) is 0. The molecule has 0 rings (SSSR count). The van der Waals surface area contributed by atoms with Crippen molar-refractivity contribution in [2.45, 2.75) is 87.6 Å². The first-order valence-electron chi connectivity index (χ1n) is 8.42. The van der Waals surface area contributed by atoms with Gasteiger partial charge >= 0.3 is 5.97 Å². The molecule has 0 aromatic carbocycles. The molecule has 0 aromatic rings. The molecule has 0 aliphatic carbocycles. The molecule has 1 atom stereocenters. The molecule has 0 heterocycles. The van der Waals surface area contributed by atoms with Crippen LogP contribution in [0.1, 0.15) is 81.6 Å². The van der Waals surface area contributed by atoms with Gasteiger partial charge in [-0.25, -0.2) is 4.79 Å². The maximum Gasteiger partial charge on any atom is 0.328 e. The Bertz CT molecular complexity index is 265. The van der Waals surface area contributed by atoms with Crippen LogP contribution in [0.3, 0.4) is 0 Å². The molecule has 0 aromatic heterocycles. The van der Waals surface area contributed by atoms with E-state index in [1.165, 1.54) is 6.92 Å². The van der Waals surface area contributed by atoms with Crippen molar-refractivity contribution in [2.24, 2.45) is 0 Å². The number of esters is 1. The number of nitrogens with one attached hydrogen (secondary N) is 1. The van der Waals surface area contributed by atoms with Gasteiger partial charge in [-0.05, 0) is 27.2 Å². The second-order valence-electron chi connectivity index (χ2n) is 3.60. The number of amides is 1. The topological polar surface area (TPSA) is 72.5 Å². The number of rotatable bonds is 7. The number of carbonyl (C=O) groups excluding carboxylic acids is 3. The smallest absolute Gasteiger partial charge is 0.328 e. The minimum absolute atomic E-state index is 0.0613. The Labute approximate surface area is 137 Å². The Morgan fingerprint density at radius 1 is 0.955 bits per heavy atom. The molecule has 0 aliphatic rings. The summed E-state index contributed by atoms with van der Waals surface area (Å²) in [5.74, 6) is -0.615. The van der Waals surface area contributed by atoms with Gasteiger partial charge in [-0.2, -0.15) is 0 Å². The summed E-state index contributed by atoms with van der Waals surface area (Å²) in [6.45, 7) is 17.1. The van der Waals surface area contributed by atoms with Gasteiger partial charge in [0.15, 0.2) is 0 Å². The van der Waals surface area contributed by atoms with Crippen LogP contribution in [0.15, 0.2) is 0 Å². The van der Waals surface area contributed by atoms with Gasteiger partial charge in [0.1, 0.15) is 11.8 Å². The van der Waals surface area contributed by atoms with Crippen LogP contribution in [0.25, 0.3) is 0 Å². The van der Waals surface area contributed by atoms with Crippen molar-refractivity contribution < 1.29 is 19.1 Å². The maximum absolute atomic E-state index is 11.3. The number of carbonyl (C=O) groups is 3. The third kappa shape index (κ3) is 23.7. The summed E-state index contributed by atoms with van der Waals surface area (Å²) < 4.78 is 4.74. The summed E-state index contributed by atoms with van der Waals surface area (Å²) in [4.78, 5) is 33.1. The molecule has 5 heteroatoms. The first kappa shape index (κ1) is 28.7. The van der Waals surface area contributed by atoms with Crippen molar-refractivity contribution in [1.29, 1.82) is 0 Å². The van der Waals surface area contributed by atoms with Gasteiger partial charge in [0.25, 0.3) is 0 Å². The number of ether oxygens (including phenoxy) is 1. The van der Waals surface area contributed by atoms with Gasteiger partial charge in [0, 0.05) is 12.8 Å². The van der Waals surface area contributed by atoms with E-state index >= 15 is 0 Å². The van der Waals surface area contributed by atoms with E-state index in [0.717, 1.165) is 0 Å². The highest BCUT2D eigenvalue weighted by atomic mass is 16.5. The quantitative estimate of drug-likeness (QED) is 0.722. The molecule has 0 aliphatic heterocycles. The second kappa shape index (κ2) is 24.6. The Morgan fingerprint density at radius 3 is 1.77 bits per heavy atom. The maximum atomic E-state index is 11.3. The van der Waals surface area contributed by atoms with E-state index in [4.69, 9.17) is 4.74 Å². The Balaban J connectivity index is -0.000000238. The monoisotopic (exact) mass is 319 g/mol. The Hall–Kier alpha value is -1.39. The molecular weight excluding hydrogens is 282 g/mol. The average Bonchev–Trinajstić information content (AvgIpc) is 2.53. The van der Waals surface area contributed by atoms with Crippen molar-refractivity contribution in [1.82, 2.24) is 5.32 Å². The van der Waals surface area contributed by atoms with Crippen LogP contribution >= 0.6 is 0 Å². The molecule has 0 saturated heterocycles. The van der Waals surface area contributed by atoms with Gasteiger partial charge in [-0.1, -0.05) is 41.5 Å². The van der Waals surface area contributed by atoms with Crippen LogP contribution in [0.2, 0.25) is 0 Å². The predicted molar refractivity (Wildman–Crippen MR) is 92.8 cm³/mol. The molecule has 1 unspecified atom stereocenters. The summed E-state index contributed by atoms with van der Waals surface area (Å²) in [6, 6.07) is -0.634. The number of Topliss-reactive ketones (excluding diaryl/α,β-unsaturated/α-hetero) is 1. The SMILES string of the molecule is CC.CC.CC.CCOC(=O)C(C)NC(=O)CCCC(C)=O. The van der Waals surface area contributed by atoms with Crippen LogP contribution in [-0.2, 0) is 19.1 Å². The normalized spacial score (nSPS) is 9.32. The summed E-state index contributed by atoms with van der Waals surface area (Å²) in [6.07, 6.45) is 1.15. The van der Waals surface area contributed by atoms with Crippen LogP contribution in [0, 0.1) is 0 Å². The predicted octanol–water partition coefficient (Wildman–Crippen LogP) is 3.89. The molecule has 1 N–H and O–H groups in total. The van der Waals surface area contributed by atoms with Crippen molar-refractivity contribution in [3.8, 4) is 0 Å². The number of hydrogen-bond donors (Lipinski definition) is 1. The van der Waals surface area contributed by atoms with Crippen LogP contribution in [0.5, 0.6) is 0 Å². The summed E-state index contributed by atoms with van der Waals surface area (Å²) in [5, 5.41) is 2.51. The molecule has 22 heavy (non-hydrogen) atoms. The van der Waals surface area contributed by atoms with Crippen molar-refractivity contribution in [3.63, 3.8) is 0 Å². The van der Waals surface area contributed by atoms with Crippen molar-refractivity contribution >= 4 is 17.7 Å². The third-order valence-corrected chi connectivity index (χ3v) is 1.95. The molecular formula is C17H37NO4. The zero-order chi connectivity index (χ0) is 18.6. The Kier molecular flexibility index (Phi) is 32.1. The summed E-state index contributed by atoms with van der Waals surface area (Å²) in [7, 11) is 0.